The number of alkyl halides is 3. The fourth-order valence-electron chi connectivity index (χ4n) is 4.43. The summed E-state index contributed by atoms with van der Waals surface area (Å²) in [4.78, 5) is 13.0. The van der Waals surface area contributed by atoms with Crippen molar-refractivity contribution in [2.45, 2.75) is 69.2 Å². The van der Waals surface area contributed by atoms with Crippen molar-refractivity contribution >= 4 is 11.7 Å². The van der Waals surface area contributed by atoms with Gasteiger partial charge in [-0.3, -0.25) is 4.79 Å². The van der Waals surface area contributed by atoms with Crippen molar-refractivity contribution in [1.29, 1.82) is 0 Å². The predicted octanol–water partition coefficient (Wildman–Crippen LogP) is 5.00. The zero-order chi connectivity index (χ0) is 20.6. The average molecular weight is 406 g/mol. The van der Waals surface area contributed by atoms with Gasteiger partial charge in [0.1, 0.15) is 11.4 Å². The Morgan fingerprint density at radius 2 is 1.90 bits per heavy atom. The first-order valence-electron chi connectivity index (χ1n) is 10.1. The molecule has 1 saturated carbocycles. The number of anilines is 1. The van der Waals surface area contributed by atoms with Gasteiger partial charge in [0, 0.05) is 12.0 Å². The molecule has 2 aliphatic rings. The molecule has 0 bridgehead atoms. The van der Waals surface area contributed by atoms with Crippen LogP contribution in [0.2, 0.25) is 0 Å². The van der Waals surface area contributed by atoms with Gasteiger partial charge in [0.05, 0.1) is 12.2 Å². The van der Waals surface area contributed by atoms with E-state index in [1.807, 2.05) is 13.0 Å². The molecule has 29 heavy (non-hydrogen) atoms. The van der Waals surface area contributed by atoms with Crippen molar-refractivity contribution in [3.05, 3.63) is 47.7 Å². The van der Waals surface area contributed by atoms with Crippen LogP contribution in [-0.4, -0.2) is 27.4 Å². The maximum Gasteiger partial charge on any atom is 0.410 e. The number of carbonyl (C=O) groups is 1. The molecular formula is C21H25F3N4O. The normalized spacial score (nSPS) is 23.7. The largest absolute Gasteiger partial charge is 0.410 e. The SMILES string of the molecule is CC1(NC(=O)c2cnn3c2NC(c2ccccc2)CC3C(F)(F)F)CCCCC1. The van der Waals surface area contributed by atoms with Crippen molar-refractivity contribution < 1.29 is 18.0 Å². The van der Waals surface area contributed by atoms with Crippen LogP contribution in [0, 0.1) is 0 Å². The van der Waals surface area contributed by atoms with E-state index in [9.17, 15) is 18.0 Å². The number of amides is 1. The number of nitrogens with zero attached hydrogens (tertiary/aromatic N) is 2. The molecule has 0 saturated heterocycles. The Labute approximate surface area is 167 Å². The summed E-state index contributed by atoms with van der Waals surface area (Å²) in [6.07, 6.45) is 1.56. The van der Waals surface area contributed by atoms with Gasteiger partial charge in [-0.05, 0) is 25.3 Å². The number of fused-ring (bicyclic) bond motifs is 1. The van der Waals surface area contributed by atoms with E-state index in [0.29, 0.717) is 0 Å². The van der Waals surface area contributed by atoms with Crippen LogP contribution >= 0.6 is 0 Å². The zero-order valence-corrected chi connectivity index (χ0v) is 16.3. The number of hydrogen-bond donors (Lipinski definition) is 2. The number of benzene rings is 1. The minimum atomic E-state index is -4.46. The van der Waals surface area contributed by atoms with Gasteiger partial charge in [-0.25, -0.2) is 4.68 Å². The molecule has 1 fully saturated rings. The van der Waals surface area contributed by atoms with Gasteiger partial charge in [-0.2, -0.15) is 18.3 Å². The fourth-order valence-corrected chi connectivity index (χ4v) is 4.43. The molecule has 1 aromatic heterocycles. The highest BCUT2D eigenvalue weighted by atomic mass is 19.4. The van der Waals surface area contributed by atoms with E-state index < -0.39 is 18.3 Å². The van der Waals surface area contributed by atoms with Crippen molar-refractivity contribution in [3.8, 4) is 0 Å². The molecule has 1 aliphatic carbocycles. The summed E-state index contributed by atoms with van der Waals surface area (Å²) in [7, 11) is 0. The van der Waals surface area contributed by atoms with Crippen LogP contribution in [0.5, 0.6) is 0 Å². The zero-order valence-electron chi connectivity index (χ0n) is 16.3. The molecule has 1 amide bonds. The Morgan fingerprint density at radius 3 is 2.55 bits per heavy atom. The van der Waals surface area contributed by atoms with E-state index in [0.717, 1.165) is 42.3 Å². The summed E-state index contributed by atoms with van der Waals surface area (Å²) in [5.74, 6) is -0.248. The smallest absolute Gasteiger partial charge is 0.363 e. The fraction of sp³-hybridized carbons (Fsp3) is 0.524. The Bertz CT molecular complexity index is 872. The lowest BCUT2D eigenvalue weighted by atomic mass is 9.83. The Balaban J connectivity index is 1.66. The highest BCUT2D eigenvalue weighted by Crippen LogP contribution is 2.44. The summed E-state index contributed by atoms with van der Waals surface area (Å²) in [6.45, 7) is 2.00. The molecule has 2 N–H and O–H groups in total. The van der Waals surface area contributed by atoms with E-state index in [2.05, 4.69) is 15.7 Å². The molecule has 0 spiro atoms. The topological polar surface area (TPSA) is 59.0 Å². The molecule has 2 aromatic rings. The first-order valence-corrected chi connectivity index (χ1v) is 10.1. The lowest BCUT2D eigenvalue weighted by Crippen LogP contribution is -2.47. The molecule has 8 heteroatoms. The van der Waals surface area contributed by atoms with E-state index in [-0.39, 0.29) is 29.2 Å². The highest BCUT2D eigenvalue weighted by Gasteiger charge is 2.47. The van der Waals surface area contributed by atoms with Crippen LogP contribution < -0.4 is 10.6 Å². The minimum absolute atomic E-state index is 0.129. The van der Waals surface area contributed by atoms with Crippen molar-refractivity contribution in [2.75, 3.05) is 5.32 Å². The van der Waals surface area contributed by atoms with Crippen molar-refractivity contribution in [1.82, 2.24) is 15.1 Å². The van der Waals surface area contributed by atoms with Gasteiger partial charge >= 0.3 is 6.18 Å². The summed E-state index contributed by atoms with van der Waals surface area (Å²) in [5.41, 5.74) is 0.577. The number of hydrogen-bond acceptors (Lipinski definition) is 3. The molecule has 0 radical (unpaired) electrons. The lowest BCUT2D eigenvalue weighted by Gasteiger charge is -2.36. The molecule has 1 aromatic carbocycles. The predicted molar refractivity (Wildman–Crippen MR) is 104 cm³/mol. The second kappa shape index (κ2) is 7.39. The second-order valence-electron chi connectivity index (χ2n) is 8.33. The van der Waals surface area contributed by atoms with E-state index in [1.165, 1.54) is 6.20 Å². The first kappa shape index (κ1) is 19.8. The average Bonchev–Trinajstić information content (AvgIpc) is 3.11. The van der Waals surface area contributed by atoms with Crippen LogP contribution in [0.4, 0.5) is 19.0 Å². The van der Waals surface area contributed by atoms with E-state index >= 15 is 0 Å². The number of halogens is 3. The summed E-state index contributed by atoms with van der Waals surface area (Å²) < 4.78 is 42.2. The third kappa shape index (κ3) is 3.97. The molecule has 156 valence electrons. The maximum absolute atomic E-state index is 13.8. The summed E-state index contributed by atoms with van der Waals surface area (Å²) in [6, 6.07) is 6.66. The highest BCUT2D eigenvalue weighted by molar-refractivity contribution is 5.99. The molecule has 2 unspecified atom stereocenters. The Kier molecular flexibility index (Phi) is 5.04. The molecule has 5 nitrogen and oxygen atoms in total. The Hall–Kier alpha value is -2.51. The van der Waals surface area contributed by atoms with Crippen molar-refractivity contribution in [3.63, 3.8) is 0 Å². The summed E-state index contributed by atoms with van der Waals surface area (Å²) >= 11 is 0. The molecule has 2 heterocycles. The lowest BCUT2D eigenvalue weighted by molar-refractivity contribution is -0.173. The third-order valence-electron chi connectivity index (χ3n) is 6.06. The molecular weight excluding hydrogens is 381 g/mol. The Morgan fingerprint density at radius 1 is 1.21 bits per heavy atom. The number of nitrogens with one attached hydrogen (secondary N) is 2. The van der Waals surface area contributed by atoms with Crippen molar-refractivity contribution in [2.24, 2.45) is 0 Å². The monoisotopic (exact) mass is 406 g/mol. The van der Waals surface area contributed by atoms with Gasteiger partial charge in [0.25, 0.3) is 5.91 Å². The van der Waals surface area contributed by atoms with Gasteiger partial charge in [-0.15, -0.1) is 0 Å². The van der Waals surface area contributed by atoms with Gasteiger partial charge in [0.2, 0.25) is 0 Å². The van der Waals surface area contributed by atoms with Crippen LogP contribution in [0.25, 0.3) is 0 Å². The maximum atomic E-state index is 13.8. The van der Waals surface area contributed by atoms with E-state index in [1.54, 1.807) is 24.3 Å². The summed E-state index contributed by atoms with van der Waals surface area (Å²) in [5, 5.41) is 10.1. The molecule has 2 atom stereocenters. The number of aromatic nitrogens is 2. The molecule has 4 rings (SSSR count). The number of rotatable bonds is 3. The van der Waals surface area contributed by atoms with Crippen LogP contribution in [0.15, 0.2) is 36.5 Å². The van der Waals surface area contributed by atoms with Gasteiger partial charge in [0.15, 0.2) is 6.04 Å². The van der Waals surface area contributed by atoms with Gasteiger partial charge < -0.3 is 10.6 Å². The standard InChI is InChI=1S/C21H25F3N4O/c1-20(10-6-3-7-11-20)27-19(29)15-13-25-28-17(21(22,23)24)12-16(26-18(15)28)14-8-4-2-5-9-14/h2,4-5,8-9,13,16-17,26H,3,6-7,10-12H2,1H3,(H,27,29). The number of carbonyl (C=O) groups excluding carboxylic acids is 1. The minimum Gasteiger partial charge on any atom is -0.363 e. The van der Waals surface area contributed by atoms with Crippen LogP contribution in [0.1, 0.15) is 73.5 Å². The van der Waals surface area contributed by atoms with E-state index in [4.69, 9.17) is 0 Å². The third-order valence-corrected chi connectivity index (χ3v) is 6.06. The van der Waals surface area contributed by atoms with Crippen LogP contribution in [-0.2, 0) is 0 Å². The molecule has 1 aliphatic heterocycles. The van der Waals surface area contributed by atoms with Crippen LogP contribution in [0.3, 0.4) is 0 Å². The quantitative estimate of drug-likeness (QED) is 0.755. The first-order chi connectivity index (χ1) is 13.8. The second-order valence-corrected chi connectivity index (χ2v) is 8.33. The van der Waals surface area contributed by atoms with Gasteiger partial charge in [-0.1, -0.05) is 49.6 Å².